The van der Waals surface area contributed by atoms with E-state index in [0.717, 1.165) is 12.1 Å². The number of amides is 2. The Labute approximate surface area is 144 Å². The number of rotatable bonds is 5. The lowest BCUT2D eigenvalue weighted by Crippen LogP contribution is -2.46. The van der Waals surface area contributed by atoms with E-state index in [1.807, 2.05) is 0 Å². The highest BCUT2D eigenvalue weighted by atomic mass is 19.4. The van der Waals surface area contributed by atoms with Gasteiger partial charge in [-0.05, 0) is 37.1 Å². The first-order chi connectivity index (χ1) is 11.8. The number of piperidine rings is 1. The van der Waals surface area contributed by atoms with Crippen molar-refractivity contribution in [2.45, 2.75) is 31.5 Å². The Bertz CT molecular complexity index is 594. The van der Waals surface area contributed by atoms with Crippen LogP contribution < -0.4 is 5.32 Å². The topological polar surface area (TPSA) is 58.6 Å². The number of alkyl halides is 3. The molecule has 8 heteroatoms. The molecule has 0 unspecified atom stereocenters. The molecular formula is C17H21F3N2O3. The number of ether oxygens (including phenoxy) is 1. The van der Waals surface area contributed by atoms with Crippen LogP contribution in [0.4, 0.5) is 13.2 Å². The molecule has 25 heavy (non-hydrogen) atoms. The predicted octanol–water partition coefficient (Wildman–Crippen LogP) is 2.46. The minimum atomic E-state index is -4.42. The molecule has 0 aromatic heterocycles. The molecule has 1 aliphatic rings. The highest BCUT2D eigenvalue weighted by Crippen LogP contribution is 2.29. The van der Waals surface area contributed by atoms with Crippen molar-refractivity contribution in [3.63, 3.8) is 0 Å². The van der Waals surface area contributed by atoms with Crippen molar-refractivity contribution in [3.8, 4) is 0 Å². The van der Waals surface area contributed by atoms with Crippen LogP contribution in [-0.2, 0) is 15.7 Å². The summed E-state index contributed by atoms with van der Waals surface area (Å²) in [6.45, 7) is 1.46. The van der Waals surface area contributed by atoms with Gasteiger partial charge in [-0.1, -0.05) is 0 Å². The third-order valence-corrected chi connectivity index (χ3v) is 4.18. The predicted molar refractivity (Wildman–Crippen MR) is 85.0 cm³/mol. The van der Waals surface area contributed by atoms with E-state index in [9.17, 15) is 22.8 Å². The highest BCUT2D eigenvalue weighted by molar-refractivity contribution is 5.94. The van der Waals surface area contributed by atoms with E-state index in [1.165, 1.54) is 19.2 Å². The molecule has 2 amide bonds. The molecule has 0 aliphatic carbocycles. The number of carbonyl (C=O) groups is 2. The number of nitrogens with zero attached hydrogens (tertiary/aromatic N) is 1. The number of nitrogens with one attached hydrogen (secondary N) is 1. The maximum Gasteiger partial charge on any atom is 0.416 e. The summed E-state index contributed by atoms with van der Waals surface area (Å²) in [5.41, 5.74) is -0.599. The standard InChI is InChI=1S/C17H21F3N2O3/c1-25-11-8-15(23)22-9-6-14(7-10-22)21-16(24)12-2-4-13(5-3-12)17(18,19)20/h2-5,14H,6-11H2,1H3,(H,21,24). The Hall–Kier alpha value is -2.09. The molecule has 2 rings (SSSR count). The van der Waals surface area contributed by atoms with Crippen LogP contribution >= 0.6 is 0 Å². The van der Waals surface area contributed by atoms with Gasteiger partial charge in [-0.3, -0.25) is 9.59 Å². The van der Waals surface area contributed by atoms with Gasteiger partial charge in [-0.2, -0.15) is 13.2 Å². The third-order valence-electron chi connectivity index (χ3n) is 4.18. The molecule has 0 spiro atoms. The van der Waals surface area contributed by atoms with Crippen molar-refractivity contribution >= 4 is 11.8 Å². The minimum Gasteiger partial charge on any atom is -0.384 e. The molecule has 0 saturated carbocycles. The van der Waals surface area contributed by atoms with Crippen molar-refractivity contribution in [2.24, 2.45) is 0 Å². The average Bonchev–Trinajstić information content (AvgIpc) is 2.59. The van der Waals surface area contributed by atoms with Crippen LogP contribution in [0.25, 0.3) is 0 Å². The first kappa shape index (κ1) is 19.2. The van der Waals surface area contributed by atoms with Gasteiger partial charge < -0.3 is 15.0 Å². The van der Waals surface area contributed by atoms with Crippen molar-refractivity contribution in [1.82, 2.24) is 10.2 Å². The second-order valence-electron chi connectivity index (χ2n) is 5.95. The largest absolute Gasteiger partial charge is 0.416 e. The van der Waals surface area contributed by atoms with Gasteiger partial charge in [0.15, 0.2) is 0 Å². The normalized spacial score (nSPS) is 15.9. The summed E-state index contributed by atoms with van der Waals surface area (Å²) in [5.74, 6) is -0.382. The molecule has 1 aliphatic heterocycles. The van der Waals surface area contributed by atoms with Gasteiger partial charge in [-0.15, -0.1) is 0 Å². The highest BCUT2D eigenvalue weighted by Gasteiger charge is 2.30. The van der Waals surface area contributed by atoms with E-state index in [4.69, 9.17) is 4.74 Å². The van der Waals surface area contributed by atoms with Gasteiger partial charge in [-0.25, -0.2) is 0 Å². The lowest BCUT2D eigenvalue weighted by Gasteiger charge is -2.32. The van der Waals surface area contributed by atoms with Gasteiger partial charge in [0.1, 0.15) is 0 Å². The SMILES string of the molecule is COCCC(=O)N1CCC(NC(=O)c2ccc(C(F)(F)F)cc2)CC1. The Morgan fingerprint density at radius 2 is 1.80 bits per heavy atom. The number of methoxy groups -OCH3 is 1. The summed E-state index contributed by atoms with van der Waals surface area (Å²) in [7, 11) is 1.54. The molecule has 1 saturated heterocycles. The van der Waals surface area contributed by atoms with Crippen molar-refractivity contribution in [1.29, 1.82) is 0 Å². The fraction of sp³-hybridized carbons (Fsp3) is 0.529. The molecule has 1 aromatic rings. The van der Waals surface area contributed by atoms with Crippen LogP contribution in [0, 0.1) is 0 Å². The molecule has 1 aromatic carbocycles. The molecule has 0 radical (unpaired) electrons. The van der Waals surface area contributed by atoms with E-state index in [1.54, 1.807) is 4.90 Å². The van der Waals surface area contributed by atoms with Crippen LogP contribution in [0.1, 0.15) is 35.2 Å². The zero-order chi connectivity index (χ0) is 18.4. The van der Waals surface area contributed by atoms with Crippen LogP contribution in [0.15, 0.2) is 24.3 Å². The molecule has 1 fully saturated rings. The molecule has 0 atom stereocenters. The second-order valence-corrected chi connectivity index (χ2v) is 5.95. The van der Waals surface area contributed by atoms with Crippen molar-refractivity contribution in [3.05, 3.63) is 35.4 Å². The average molecular weight is 358 g/mol. The maximum atomic E-state index is 12.5. The monoisotopic (exact) mass is 358 g/mol. The van der Waals surface area contributed by atoms with Gasteiger partial charge in [0.05, 0.1) is 18.6 Å². The third kappa shape index (κ3) is 5.45. The minimum absolute atomic E-state index is 0.0226. The fourth-order valence-corrected chi connectivity index (χ4v) is 2.70. The van der Waals surface area contributed by atoms with Crippen LogP contribution in [0.3, 0.4) is 0 Å². The Morgan fingerprint density at radius 3 is 2.32 bits per heavy atom. The first-order valence-corrected chi connectivity index (χ1v) is 8.06. The molecule has 0 bridgehead atoms. The lowest BCUT2D eigenvalue weighted by molar-refractivity contribution is -0.137. The quantitative estimate of drug-likeness (QED) is 0.880. The number of benzene rings is 1. The summed E-state index contributed by atoms with van der Waals surface area (Å²) in [6, 6.07) is 4.03. The van der Waals surface area contributed by atoms with E-state index >= 15 is 0 Å². The Kier molecular flexibility index (Phi) is 6.41. The number of hydrogen-bond donors (Lipinski definition) is 1. The number of likely N-dealkylation sites (tertiary alicyclic amines) is 1. The second kappa shape index (κ2) is 8.33. The summed E-state index contributed by atoms with van der Waals surface area (Å²) in [5, 5.41) is 2.81. The van der Waals surface area contributed by atoms with Gasteiger partial charge in [0.25, 0.3) is 5.91 Å². The maximum absolute atomic E-state index is 12.5. The molecule has 1 heterocycles. The molecular weight excluding hydrogens is 337 g/mol. The van der Waals surface area contributed by atoms with Crippen LogP contribution in [0.5, 0.6) is 0 Å². The van der Waals surface area contributed by atoms with E-state index < -0.39 is 17.6 Å². The summed E-state index contributed by atoms with van der Waals surface area (Å²) in [6.07, 6.45) is -2.85. The summed E-state index contributed by atoms with van der Waals surface area (Å²) >= 11 is 0. The zero-order valence-electron chi connectivity index (χ0n) is 13.9. The van der Waals surface area contributed by atoms with E-state index in [0.29, 0.717) is 39.0 Å². The van der Waals surface area contributed by atoms with Gasteiger partial charge in [0, 0.05) is 31.8 Å². The van der Waals surface area contributed by atoms with Gasteiger partial charge in [0.2, 0.25) is 5.91 Å². The first-order valence-electron chi connectivity index (χ1n) is 8.06. The Balaban J connectivity index is 1.83. The zero-order valence-corrected chi connectivity index (χ0v) is 13.9. The van der Waals surface area contributed by atoms with Crippen LogP contribution in [-0.4, -0.2) is 49.6 Å². The number of hydrogen-bond acceptors (Lipinski definition) is 3. The van der Waals surface area contributed by atoms with E-state index in [-0.39, 0.29) is 17.5 Å². The summed E-state index contributed by atoms with van der Waals surface area (Å²) < 4.78 is 42.5. The number of carbonyl (C=O) groups excluding carboxylic acids is 2. The number of halogens is 3. The molecule has 1 N–H and O–H groups in total. The van der Waals surface area contributed by atoms with Gasteiger partial charge >= 0.3 is 6.18 Å². The smallest absolute Gasteiger partial charge is 0.384 e. The van der Waals surface area contributed by atoms with Crippen molar-refractivity contribution in [2.75, 3.05) is 26.8 Å². The summed E-state index contributed by atoms with van der Waals surface area (Å²) in [4.78, 5) is 25.8. The lowest BCUT2D eigenvalue weighted by atomic mass is 10.0. The van der Waals surface area contributed by atoms with Crippen LogP contribution in [0.2, 0.25) is 0 Å². The Morgan fingerprint density at radius 1 is 1.20 bits per heavy atom. The van der Waals surface area contributed by atoms with Crippen molar-refractivity contribution < 1.29 is 27.5 Å². The molecule has 138 valence electrons. The fourth-order valence-electron chi connectivity index (χ4n) is 2.70. The molecule has 5 nitrogen and oxygen atoms in total. The van der Waals surface area contributed by atoms with E-state index in [2.05, 4.69) is 5.32 Å².